The smallest absolute Gasteiger partial charge is 0.197 e. The molecule has 0 saturated heterocycles. The van der Waals surface area contributed by atoms with E-state index in [1.807, 2.05) is 6.20 Å². The summed E-state index contributed by atoms with van der Waals surface area (Å²) < 4.78 is 0. The van der Waals surface area contributed by atoms with Crippen molar-refractivity contribution >= 4 is 17.4 Å². The molecule has 0 aromatic carbocycles. The lowest BCUT2D eigenvalue weighted by Crippen LogP contribution is -2.46. The molecule has 0 radical (unpaired) electrons. The van der Waals surface area contributed by atoms with Gasteiger partial charge in [-0.25, -0.2) is 4.99 Å². The Hall–Kier alpha value is -0.940. The third-order valence-electron chi connectivity index (χ3n) is 4.13. The lowest BCUT2D eigenvalue weighted by atomic mass is 9.83. The van der Waals surface area contributed by atoms with E-state index in [0.717, 1.165) is 30.7 Å². The van der Waals surface area contributed by atoms with Gasteiger partial charge in [0.25, 0.3) is 0 Å². The van der Waals surface area contributed by atoms with Gasteiger partial charge < -0.3 is 20.2 Å². The number of aliphatic imine (C=N–C) groups is 1. The molecule has 2 heterocycles. The van der Waals surface area contributed by atoms with Crippen molar-refractivity contribution in [3.63, 3.8) is 0 Å². The van der Waals surface area contributed by atoms with Gasteiger partial charge in [-0.3, -0.25) is 0 Å². The molecule has 0 spiro atoms. The maximum absolute atomic E-state index is 9.10. The van der Waals surface area contributed by atoms with Gasteiger partial charge in [-0.05, 0) is 12.3 Å². The van der Waals surface area contributed by atoms with Crippen LogP contribution >= 0.6 is 11.6 Å². The summed E-state index contributed by atoms with van der Waals surface area (Å²) in [5.41, 5.74) is 0.620. The molecule has 1 aliphatic carbocycles. The van der Waals surface area contributed by atoms with Crippen LogP contribution in [0, 0.1) is 5.92 Å². The number of aliphatic hydroxyl groups excluding tert-OH is 1. The molecule has 19 heavy (non-hydrogen) atoms. The molecule has 3 rings (SSSR count). The van der Waals surface area contributed by atoms with Crippen LogP contribution < -0.4 is 5.32 Å². The monoisotopic (exact) mass is 284 g/mol. The summed E-state index contributed by atoms with van der Waals surface area (Å²) in [7, 11) is 0. The number of halogens is 1. The second-order valence-corrected chi connectivity index (χ2v) is 5.92. The number of nitrogens with one attached hydrogen (secondary N) is 1. The van der Waals surface area contributed by atoms with Crippen molar-refractivity contribution in [2.24, 2.45) is 10.9 Å². The highest BCUT2D eigenvalue weighted by Gasteiger charge is 2.30. The van der Waals surface area contributed by atoms with E-state index in [0.29, 0.717) is 6.54 Å². The number of amidine groups is 1. The van der Waals surface area contributed by atoms with E-state index in [1.165, 1.54) is 25.7 Å². The van der Waals surface area contributed by atoms with Crippen LogP contribution in [0.3, 0.4) is 0 Å². The zero-order valence-electron chi connectivity index (χ0n) is 11.1. The van der Waals surface area contributed by atoms with E-state index in [-0.39, 0.29) is 12.2 Å². The number of aliphatic hydroxyl groups is 1. The molecule has 1 fully saturated rings. The highest BCUT2D eigenvalue weighted by atomic mass is 35.5. The lowest BCUT2D eigenvalue weighted by molar-refractivity contribution is 0.173. The predicted octanol–water partition coefficient (Wildman–Crippen LogP) is 1.11. The van der Waals surface area contributed by atoms with Crippen LogP contribution in [0.15, 0.2) is 16.9 Å². The third-order valence-corrected chi connectivity index (χ3v) is 4.34. The summed E-state index contributed by atoms with van der Waals surface area (Å²) in [4.78, 5) is 8.83. The molecule has 6 heteroatoms. The molecule has 1 atom stereocenters. The lowest BCUT2D eigenvalue weighted by Gasteiger charge is -2.37. The van der Waals surface area contributed by atoms with Crippen molar-refractivity contribution in [2.75, 3.05) is 26.4 Å². The van der Waals surface area contributed by atoms with Crippen molar-refractivity contribution in [1.82, 2.24) is 15.1 Å². The molecular weight excluding hydrogens is 264 g/mol. The maximum Gasteiger partial charge on any atom is 0.197 e. The predicted molar refractivity (Wildman–Crippen MR) is 75.6 cm³/mol. The van der Waals surface area contributed by atoms with Gasteiger partial charge in [0.2, 0.25) is 0 Å². The number of hydrogen-bond donors (Lipinski definition) is 2. The zero-order valence-corrected chi connectivity index (χ0v) is 11.8. The Morgan fingerprint density at radius 2 is 2.26 bits per heavy atom. The largest absolute Gasteiger partial charge is 0.395 e. The maximum atomic E-state index is 9.10. The number of alkyl halides is 1. The van der Waals surface area contributed by atoms with E-state index in [9.17, 15) is 0 Å². The minimum atomic E-state index is -0.360. The Labute approximate surface area is 118 Å². The number of nitrogens with zero attached hydrogens (tertiary/aromatic N) is 3. The van der Waals surface area contributed by atoms with Crippen LogP contribution in [0.4, 0.5) is 0 Å². The minimum Gasteiger partial charge on any atom is -0.395 e. The summed E-state index contributed by atoms with van der Waals surface area (Å²) in [6.07, 6.45) is 7.38. The van der Waals surface area contributed by atoms with E-state index < -0.39 is 0 Å². The fraction of sp³-hybridized carbons (Fsp3) is 0.769. The molecular formula is C13H21ClN4O. The minimum absolute atomic E-state index is 0.164. The Balaban J connectivity index is 1.66. The van der Waals surface area contributed by atoms with Gasteiger partial charge in [0.05, 0.1) is 19.0 Å². The average Bonchev–Trinajstić information content (AvgIpc) is 2.68. The fourth-order valence-corrected chi connectivity index (χ4v) is 3.03. The summed E-state index contributed by atoms with van der Waals surface area (Å²) in [5, 5.41) is 12.2. The normalized spacial score (nSPS) is 26.5. The molecule has 2 N–H and O–H groups in total. The third kappa shape index (κ3) is 2.82. The zero-order chi connectivity index (χ0) is 13.2. The number of rotatable bonds is 5. The molecule has 2 aliphatic heterocycles. The summed E-state index contributed by atoms with van der Waals surface area (Å²) in [6, 6.07) is 0. The fourth-order valence-electron chi connectivity index (χ4n) is 2.82. The second-order valence-electron chi connectivity index (χ2n) is 5.50. The van der Waals surface area contributed by atoms with E-state index in [1.54, 1.807) is 0 Å². The second kappa shape index (κ2) is 5.59. The van der Waals surface area contributed by atoms with Gasteiger partial charge >= 0.3 is 0 Å². The standard InChI is InChI=1S/C13H21ClN4O/c14-13-15-11-8-17(6-7-19)9-18(12(11)16-13)5-4-10-2-1-3-10/h8,10,13,15,19H,1-7,9H2. The highest BCUT2D eigenvalue weighted by molar-refractivity contribution is 6.22. The average molecular weight is 285 g/mol. The number of fused-ring (bicyclic) bond motifs is 1. The van der Waals surface area contributed by atoms with Crippen LogP contribution in [-0.2, 0) is 0 Å². The first-order chi connectivity index (χ1) is 9.26. The van der Waals surface area contributed by atoms with E-state index >= 15 is 0 Å². The van der Waals surface area contributed by atoms with E-state index in [4.69, 9.17) is 16.7 Å². The summed E-state index contributed by atoms with van der Waals surface area (Å²) >= 11 is 6.04. The van der Waals surface area contributed by atoms with Crippen LogP contribution in [-0.4, -0.2) is 52.7 Å². The van der Waals surface area contributed by atoms with Crippen molar-refractivity contribution in [1.29, 1.82) is 0 Å². The SMILES string of the molecule is OCCN1C=C2NC(Cl)N=C2N(CCC2CCC2)C1. The molecule has 0 amide bonds. The van der Waals surface area contributed by atoms with Crippen LogP contribution in [0.1, 0.15) is 25.7 Å². The van der Waals surface area contributed by atoms with Gasteiger partial charge in [-0.2, -0.15) is 0 Å². The quantitative estimate of drug-likeness (QED) is 0.587. The molecule has 5 nitrogen and oxygen atoms in total. The van der Waals surface area contributed by atoms with Crippen LogP contribution in [0.2, 0.25) is 0 Å². The molecule has 1 saturated carbocycles. The number of hydrogen-bond acceptors (Lipinski definition) is 5. The summed E-state index contributed by atoms with van der Waals surface area (Å²) in [5.74, 6) is 1.87. The Kier molecular flexibility index (Phi) is 3.84. The summed E-state index contributed by atoms with van der Waals surface area (Å²) in [6.45, 7) is 2.62. The first kappa shape index (κ1) is 13.1. The number of β-amino-alcohol motifs (C(OH)–C–C–N with tert-alkyl or cyclic N) is 1. The molecule has 106 valence electrons. The Morgan fingerprint density at radius 3 is 2.95 bits per heavy atom. The molecule has 0 aromatic rings. The Morgan fingerprint density at radius 1 is 1.42 bits per heavy atom. The van der Waals surface area contributed by atoms with Gasteiger partial charge in [-0.15, -0.1) is 0 Å². The van der Waals surface area contributed by atoms with Gasteiger partial charge in [-0.1, -0.05) is 30.9 Å². The van der Waals surface area contributed by atoms with Gasteiger partial charge in [0.1, 0.15) is 0 Å². The van der Waals surface area contributed by atoms with Crippen molar-refractivity contribution in [3.05, 3.63) is 11.9 Å². The van der Waals surface area contributed by atoms with Crippen molar-refractivity contribution in [3.8, 4) is 0 Å². The van der Waals surface area contributed by atoms with Crippen LogP contribution in [0.25, 0.3) is 0 Å². The van der Waals surface area contributed by atoms with Crippen molar-refractivity contribution < 1.29 is 5.11 Å². The topological polar surface area (TPSA) is 51.1 Å². The van der Waals surface area contributed by atoms with Crippen LogP contribution in [0.5, 0.6) is 0 Å². The Bertz CT molecular complexity index is 394. The van der Waals surface area contributed by atoms with E-state index in [2.05, 4.69) is 20.1 Å². The molecule has 0 bridgehead atoms. The van der Waals surface area contributed by atoms with Gasteiger partial charge in [0.15, 0.2) is 11.5 Å². The molecule has 1 unspecified atom stereocenters. The first-order valence-electron chi connectivity index (χ1n) is 7.07. The molecule has 3 aliphatic rings. The van der Waals surface area contributed by atoms with Crippen molar-refractivity contribution in [2.45, 2.75) is 31.3 Å². The van der Waals surface area contributed by atoms with Gasteiger partial charge in [0, 0.05) is 19.3 Å². The highest BCUT2D eigenvalue weighted by Crippen LogP contribution is 2.30. The molecule has 0 aromatic heterocycles. The first-order valence-corrected chi connectivity index (χ1v) is 7.50.